The highest BCUT2D eigenvalue weighted by Gasteiger charge is 2.39. The number of hydrogen-bond acceptors (Lipinski definition) is 5. The second kappa shape index (κ2) is 40.9. The highest BCUT2D eigenvalue weighted by Crippen LogP contribution is 2.48. The first kappa shape index (κ1) is 54.5. The molecule has 0 aliphatic heterocycles. The van der Waals surface area contributed by atoms with Gasteiger partial charge in [-0.15, -0.1) is 0 Å². The first-order chi connectivity index (χ1) is 28.6. The average Bonchev–Trinajstić information content (AvgIpc) is 3.24. The topological polar surface area (TPSA) is 46.2 Å². The lowest BCUT2D eigenvalue weighted by Gasteiger charge is -2.31. The molecule has 1 aromatic rings. The smallest absolute Gasteiger partial charge is 0.245 e. The molecule has 6 nitrogen and oxygen atoms in total. The van der Waals surface area contributed by atoms with Crippen LogP contribution in [0, 0.1) is 0 Å². The van der Waals surface area contributed by atoms with Crippen molar-refractivity contribution in [3.63, 3.8) is 0 Å². The summed E-state index contributed by atoms with van der Waals surface area (Å²) >= 11 is 0. The van der Waals surface area contributed by atoms with Crippen LogP contribution in [0.5, 0.6) is 17.2 Å². The van der Waals surface area contributed by atoms with Gasteiger partial charge in [0.05, 0.1) is 19.8 Å². The van der Waals surface area contributed by atoms with Crippen LogP contribution < -0.4 is 19.0 Å². The molecule has 0 saturated heterocycles. The van der Waals surface area contributed by atoms with Crippen LogP contribution in [-0.2, 0) is 9.68 Å². The van der Waals surface area contributed by atoms with E-state index in [0.29, 0.717) is 26.4 Å². The summed E-state index contributed by atoms with van der Waals surface area (Å²) in [6.07, 6.45) is 46.3. The first-order valence-corrected chi connectivity index (χ1v) is 25.7. The van der Waals surface area contributed by atoms with Gasteiger partial charge in [0.1, 0.15) is 20.8 Å². The van der Waals surface area contributed by atoms with E-state index < -0.39 is 0 Å². The zero-order valence-electron chi connectivity index (χ0n) is 39.9. The van der Waals surface area contributed by atoms with Crippen molar-refractivity contribution in [2.24, 2.45) is 0 Å². The van der Waals surface area contributed by atoms with E-state index in [1.54, 1.807) is 14.2 Å². The van der Waals surface area contributed by atoms with E-state index in [9.17, 15) is 0 Å². The minimum absolute atomic E-state index is 0.0471. The van der Waals surface area contributed by atoms with E-state index in [-0.39, 0.29) is 4.81 Å². The van der Waals surface area contributed by atoms with Crippen LogP contribution in [0.3, 0.4) is 0 Å². The minimum Gasteiger partial charge on any atom is -0.490 e. The van der Waals surface area contributed by atoms with Crippen molar-refractivity contribution in [3.8, 4) is 17.2 Å². The Morgan fingerprint density at radius 3 is 0.966 bits per heavy atom. The minimum atomic E-state index is -0.0471. The summed E-state index contributed by atoms with van der Waals surface area (Å²) in [5.74, 6) is 2.25. The molecule has 0 aromatic heterocycles. The van der Waals surface area contributed by atoms with Crippen molar-refractivity contribution >= 4 is 5.69 Å². The molecule has 0 unspecified atom stereocenters. The number of nitrogens with zero attached hydrogens (tertiary/aromatic N) is 1. The highest BCUT2D eigenvalue weighted by atomic mass is 17.0. The van der Waals surface area contributed by atoms with Crippen molar-refractivity contribution in [2.45, 2.75) is 259 Å². The van der Waals surface area contributed by atoms with E-state index in [1.807, 2.05) is 0 Å². The quantitative estimate of drug-likeness (QED) is 0.0372. The van der Waals surface area contributed by atoms with Crippen LogP contribution in [0.4, 0.5) is 5.69 Å². The fourth-order valence-electron chi connectivity index (χ4n) is 8.17. The molecule has 6 heteroatoms. The molecule has 1 aromatic carbocycles. The third kappa shape index (κ3) is 27.4. The Bertz CT molecular complexity index is 998. The third-order valence-electron chi connectivity index (χ3n) is 12.1. The molecular weight excluding hydrogens is 719 g/mol. The average molecular weight is 819 g/mol. The molecular formula is C52H100NO5+. The summed E-state index contributed by atoms with van der Waals surface area (Å²) in [4.78, 5) is 12.5. The molecule has 0 heterocycles. The second-order valence-electron chi connectivity index (χ2n) is 17.4. The largest absolute Gasteiger partial charge is 0.490 e. The maximum Gasteiger partial charge on any atom is 0.245 e. The Hall–Kier alpha value is -1.50. The molecule has 0 aliphatic carbocycles. The van der Waals surface area contributed by atoms with Gasteiger partial charge in [-0.2, -0.15) is 9.68 Å². The molecule has 0 saturated carbocycles. The Kier molecular flexibility index (Phi) is 38.4. The Labute approximate surface area is 362 Å². The summed E-state index contributed by atoms with van der Waals surface area (Å²) in [5.41, 5.74) is 0.870. The molecule has 58 heavy (non-hydrogen) atoms. The molecule has 0 radical (unpaired) electrons. The summed E-state index contributed by atoms with van der Waals surface area (Å²) < 4.78 is 20.2. The second-order valence-corrected chi connectivity index (χ2v) is 17.4. The maximum atomic E-state index is 6.83. The lowest BCUT2D eigenvalue weighted by molar-refractivity contribution is -0.327. The lowest BCUT2D eigenvalue weighted by atomic mass is 10.1. The van der Waals surface area contributed by atoms with Crippen molar-refractivity contribution in [1.29, 1.82) is 0 Å². The van der Waals surface area contributed by atoms with Gasteiger partial charge in [0.2, 0.25) is 17.2 Å². The normalized spacial score (nSPS) is 11.8. The fraction of sp³-hybridized carbons (Fsp3) is 0.885. The number of quaternary nitrogens is 1. The van der Waals surface area contributed by atoms with Gasteiger partial charge in [-0.05, 0) is 36.6 Å². The number of ether oxygens (including phenoxy) is 3. The number of rotatable bonds is 46. The highest BCUT2D eigenvalue weighted by molar-refractivity contribution is 5.66. The van der Waals surface area contributed by atoms with Gasteiger partial charge in [-0.3, -0.25) is 0 Å². The standard InChI is InChI=1S/C52H100NO5/c1-7-11-15-19-23-26-29-32-36-40-46-56-50-44-43-49(53(54-5,55-6)45-39-35-22-18-14-10-4)51(57-47-41-37-33-30-27-24-20-16-12-8-2)52(50)58-48-42-38-34-31-28-25-21-17-13-9-3/h43-44H,7-42,45-48H2,1-6H3/q+1. The molecule has 0 N–H and O–H groups in total. The predicted octanol–water partition coefficient (Wildman–Crippen LogP) is 17.4. The van der Waals surface area contributed by atoms with E-state index >= 15 is 0 Å². The SMILES string of the molecule is CCCCCCCCCCCCOc1ccc([N+](CCCCCCCC)(OC)OC)c(OCCCCCCCCCCCC)c1OCCCCCCCCCCCC. The van der Waals surface area contributed by atoms with Crippen molar-refractivity contribution in [2.75, 3.05) is 40.6 Å². The molecule has 0 aliphatic rings. The Morgan fingerprint density at radius 2 is 0.621 bits per heavy atom. The fourth-order valence-corrected chi connectivity index (χ4v) is 8.17. The van der Waals surface area contributed by atoms with Crippen LogP contribution in [0.15, 0.2) is 12.1 Å². The van der Waals surface area contributed by atoms with Gasteiger partial charge in [0, 0.05) is 12.5 Å². The van der Waals surface area contributed by atoms with Gasteiger partial charge >= 0.3 is 0 Å². The number of benzene rings is 1. The molecule has 0 fully saturated rings. The molecule has 342 valence electrons. The number of hydroxylamine groups is 2. The van der Waals surface area contributed by atoms with E-state index in [1.165, 1.54) is 199 Å². The van der Waals surface area contributed by atoms with Crippen LogP contribution in [0.25, 0.3) is 0 Å². The molecule has 0 spiro atoms. The maximum absolute atomic E-state index is 6.83. The Morgan fingerprint density at radius 1 is 0.328 bits per heavy atom. The molecule has 0 bridgehead atoms. The summed E-state index contributed by atoms with van der Waals surface area (Å²) in [7, 11) is 3.51. The number of unbranched alkanes of at least 4 members (excludes halogenated alkanes) is 32. The number of hydrogen-bond donors (Lipinski definition) is 0. The zero-order chi connectivity index (χ0) is 42.0. The van der Waals surface area contributed by atoms with Crippen molar-refractivity contribution in [1.82, 2.24) is 4.81 Å². The molecule has 1 rings (SSSR count). The summed E-state index contributed by atoms with van der Waals surface area (Å²) in [6, 6.07) is 4.19. The van der Waals surface area contributed by atoms with Gasteiger partial charge in [0.15, 0.2) is 5.75 Å². The van der Waals surface area contributed by atoms with Gasteiger partial charge in [0.25, 0.3) is 0 Å². The van der Waals surface area contributed by atoms with Crippen molar-refractivity contribution in [3.05, 3.63) is 12.1 Å². The van der Waals surface area contributed by atoms with Crippen LogP contribution in [0.2, 0.25) is 0 Å². The lowest BCUT2D eigenvalue weighted by Crippen LogP contribution is -2.48. The molecule has 0 amide bonds. The van der Waals surface area contributed by atoms with Crippen LogP contribution in [0.1, 0.15) is 259 Å². The van der Waals surface area contributed by atoms with Crippen LogP contribution >= 0.6 is 0 Å². The van der Waals surface area contributed by atoms with Crippen molar-refractivity contribution < 1.29 is 23.9 Å². The van der Waals surface area contributed by atoms with Crippen LogP contribution in [-0.4, -0.2) is 40.6 Å². The predicted molar refractivity (Wildman–Crippen MR) is 253 cm³/mol. The van der Waals surface area contributed by atoms with E-state index in [2.05, 4.69) is 39.8 Å². The van der Waals surface area contributed by atoms with Gasteiger partial charge in [-0.1, -0.05) is 227 Å². The zero-order valence-corrected chi connectivity index (χ0v) is 39.9. The van der Waals surface area contributed by atoms with Gasteiger partial charge < -0.3 is 14.2 Å². The third-order valence-corrected chi connectivity index (χ3v) is 12.1. The summed E-state index contributed by atoms with van der Waals surface area (Å²) in [5, 5.41) is 0. The van der Waals surface area contributed by atoms with E-state index in [0.717, 1.165) is 55.0 Å². The Balaban J connectivity index is 3.09. The van der Waals surface area contributed by atoms with E-state index in [4.69, 9.17) is 23.9 Å². The monoisotopic (exact) mass is 819 g/mol. The van der Waals surface area contributed by atoms with Gasteiger partial charge in [-0.25, -0.2) is 0 Å². The first-order valence-electron chi connectivity index (χ1n) is 25.7. The summed E-state index contributed by atoms with van der Waals surface area (Å²) in [6.45, 7) is 11.8. The molecule has 0 atom stereocenters.